The van der Waals surface area contributed by atoms with Crippen LogP contribution in [-0.4, -0.2) is 23.8 Å². The molecule has 0 aliphatic carbocycles. The van der Waals surface area contributed by atoms with E-state index in [9.17, 15) is 18.8 Å². The van der Waals surface area contributed by atoms with Gasteiger partial charge in [-0.05, 0) is 55.5 Å². The molecule has 0 unspecified atom stereocenters. The molecular weight excluding hydrogens is 397 g/mol. The summed E-state index contributed by atoms with van der Waals surface area (Å²) in [5.74, 6) is -1.71. The molecule has 0 saturated heterocycles. The van der Waals surface area contributed by atoms with Crippen LogP contribution in [-0.2, 0) is 9.59 Å². The Bertz CT molecular complexity index is 1140. The molecule has 0 radical (unpaired) electrons. The van der Waals surface area contributed by atoms with Crippen molar-refractivity contribution in [3.05, 3.63) is 89.7 Å². The number of hydrogen-bond acceptors (Lipinski definition) is 3. The Hall–Kier alpha value is -4.00. The Kier molecular flexibility index (Phi) is 5.49. The molecule has 0 bridgehead atoms. The van der Waals surface area contributed by atoms with Crippen LogP contribution in [0.15, 0.2) is 72.8 Å². The highest BCUT2D eigenvalue weighted by Crippen LogP contribution is 2.34. The van der Waals surface area contributed by atoms with Crippen molar-refractivity contribution in [2.45, 2.75) is 19.4 Å². The Morgan fingerprint density at radius 1 is 1.00 bits per heavy atom. The van der Waals surface area contributed by atoms with Crippen LogP contribution in [0.25, 0.3) is 0 Å². The normalized spacial score (nSPS) is 15.1. The fraction of sp³-hybridized carbons (Fsp3) is 0.125. The van der Waals surface area contributed by atoms with Crippen molar-refractivity contribution in [1.29, 1.82) is 0 Å². The molecule has 0 saturated carbocycles. The van der Waals surface area contributed by atoms with E-state index in [1.807, 2.05) is 19.1 Å². The van der Waals surface area contributed by atoms with Gasteiger partial charge in [-0.1, -0.05) is 29.8 Å². The van der Waals surface area contributed by atoms with E-state index in [1.165, 1.54) is 29.2 Å². The molecule has 1 atom stereocenters. The minimum Gasteiger partial charge on any atom is -0.326 e. The SMILES string of the molecule is Cc1ccc(C(=O)N2c3ccccc3NC(=O)[C@H]2CC(=O)Nc2ccc(F)cc2)cc1. The molecule has 3 aromatic carbocycles. The molecule has 0 aromatic heterocycles. The smallest absolute Gasteiger partial charge is 0.259 e. The zero-order valence-electron chi connectivity index (χ0n) is 16.8. The van der Waals surface area contributed by atoms with Crippen molar-refractivity contribution >= 4 is 34.8 Å². The van der Waals surface area contributed by atoms with E-state index < -0.39 is 23.7 Å². The number of fused-ring (bicyclic) bond motifs is 1. The maximum absolute atomic E-state index is 13.4. The van der Waals surface area contributed by atoms with Gasteiger partial charge in [-0.2, -0.15) is 0 Å². The fourth-order valence-corrected chi connectivity index (χ4v) is 3.48. The number of carbonyl (C=O) groups excluding carboxylic acids is 3. The number of carbonyl (C=O) groups is 3. The number of nitrogens with one attached hydrogen (secondary N) is 2. The van der Waals surface area contributed by atoms with Gasteiger partial charge in [0.05, 0.1) is 17.8 Å². The van der Waals surface area contributed by atoms with Crippen LogP contribution in [0.4, 0.5) is 21.5 Å². The van der Waals surface area contributed by atoms with E-state index in [1.54, 1.807) is 36.4 Å². The number of anilines is 3. The zero-order valence-corrected chi connectivity index (χ0v) is 16.8. The number of para-hydroxylation sites is 2. The van der Waals surface area contributed by atoms with E-state index in [2.05, 4.69) is 10.6 Å². The lowest BCUT2D eigenvalue weighted by Gasteiger charge is -2.36. The number of amides is 3. The number of aryl methyl sites for hydroxylation is 1. The van der Waals surface area contributed by atoms with Gasteiger partial charge in [0.25, 0.3) is 5.91 Å². The first-order chi connectivity index (χ1) is 14.9. The second kappa shape index (κ2) is 8.39. The highest BCUT2D eigenvalue weighted by molar-refractivity contribution is 6.17. The zero-order chi connectivity index (χ0) is 22.0. The molecule has 0 spiro atoms. The molecule has 1 aliphatic heterocycles. The van der Waals surface area contributed by atoms with Crippen LogP contribution in [0.2, 0.25) is 0 Å². The minimum atomic E-state index is -1.04. The van der Waals surface area contributed by atoms with Crippen LogP contribution in [0.3, 0.4) is 0 Å². The Morgan fingerprint density at radius 3 is 2.39 bits per heavy atom. The molecule has 4 rings (SSSR count). The Morgan fingerprint density at radius 2 is 1.68 bits per heavy atom. The molecule has 156 valence electrons. The third kappa shape index (κ3) is 4.30. The lowest BCUT2D eigenvalue weighted by Crippen LogP contribution is -2.52. The Labute approximate surface area is 178 Å². The van der Waals surface area contributed by atoms with Gasteiger partial charge in [0.15, 0.2) is 0 Å². The van der Waals surface area contributed by atoms with Crippen molar-refractivity contribution < 1.29 is 18.8 Å². The molecule has 0 fully saturated rings. The third-order valence-electron chi connectivity index (χ3n) is 5.06. The predicted molar refractivity (Wildman–Crippen MR) is 116 cm³/mol. The standard InChI is InChI=1S/C24H20FN3O3/c1-15-6-8-16(9-7-15)24(31)28-20-5-3-2-4-19(20)27-23(30)21(28)14-22(29)26-18-12-10-17(25)11-13-18/h2-13,21H,14H2,1H3,(H,26,29)(H,27,30)/t21-/m1/s1. The van der Waals surface area contributed by atoms with E-state index >= 15 is 0 Å². The monoisotopic (exact) mass is 417 g/mol. The second-order valence-corrected chi connectivity index (χ2v) is 7.32. The summed E-state index contributed by atoms with van der Waals surface area (Å²) >= 11 is 0. The predicted octanol–water partition coefficient (Wildman–Crippen LogP) is 4.13. The van der Waals surface area contributed by atoms with Gasteiger partial charge < -0.3 is 10.6 Å². The molecule has 7 heteroatoms. The number of benzene rings is 3. The van der Waals surface area contributed by atoms with Gasteiger partial charge in [0.2, 0.25) is 11.8 Å². The highest BCUT2D eigenvalue weighted by atomic mass is 19.1. The lowest BCUT2D eigenvalue weighted by molar-refractivity contribution is -0.122. The fourth-order valence-electron chi connectivity index (χ4n) is 3.48. The van der Waals surface area contributed by atoms with Crippen molar-refractivity contribution in [2.24, 2.45) is 0 Å². The molecular formula is C24H20FN3O3. The summed E-state index contributed by atoms with van der Waals surface area (Å²) in [6.45, 7) is 1.92. The molecule has 3 amide bonds. The van der Waals surface area contributed by atoms with Crippen molar-refractivity contribution in [3.8, 4) is 0 Å². The molecule has 6 nitrogen and oxygen atoms in total. The average molecular weight is 417 g/mol. The van der Waals surface area contributed by atoms with Crippen LogP contribution < -0.4 is 15.5 Å². The van der Waals surface area contributed by atoms with E-state index in [-0.39, 0.29) is 12.3 Å². The largest absolute Gasteiger partial charge is 0.326 e. The molecule has 3 aromatic rings. The van der Waals surface area contributed by atoms with Crippen molar-refractivity contribution in [1.82, 2.24) is 0 Å². The lowest BCUT2D eigenvalue weighted by atomic mass is 10.0. The summed E-state index contributed by atoms with van der Waals surface area (Å²) in [6, 6.07) is 18.3. The number of rotatable bonds is 4. The van der Waals surface area contributed by atoms with Gasteiger partial charge in [-0.3, -0.25) is 19.3 Å². The van der Waals surface area contributed by atoms with Crippen molar-refractivity contribution in [3.63, 3.8) is 0 Å². The maximum Gasteiger partial charge on any atom is 0.259 e. The van der Waals surface area contributed by atoms with Gasteiger partial charge in [0.1, 0.15) is 11.9 Å². The first-order valence-corrected chi connectivity index (χ1v) is 9.78. The third-order valence-corrected chi connectivity index (χ3v) is 5.06. The topological polar surface area (TPSA) is 78.5 Å². The van der Waals surface area contributed by atoms with Gasteiger partial charge in [0, 0.05) is 11.3 Å². The summed E-state index contributed by atoms with van der Waals surface area (Å²) in [5.41, 5.74) is 2.84. The van der Waals surface area contributed by atoms with Crippen LogP contribution in [0.5, 0.6) is 0 Å². The average Bonchev–Trinajstić information content (AvgIpc) is 2.76. The summed E-state index contributed by atoms with van der Waals surface area (Å²) in [4.78, 5) is 40.2. The number of nitrogens with zero attached hydrogens (tertiary/aromatic N) is 1. The molecule has 1 heterocycles. The highest BCUT2D eigenvalue weighted by Gasteiger charge is 2.38. The molecule has 2 N–H and O–H groups in total. The van der Waals surface area contributed by atoms with Gasteiger partial charge in [-0.15, -0.1) is 0 Å². The quantitative estimate of drug-likeness (QED) is 0.670. The van der Waals surface area contributed by atoms with E-state index in [0.29, 0.717) is 22.6 Å². The summed E-state index contributed by atoms with van der Waals surface area (Å²) < 4.78 is 13.1. The van der Waals surface area contributed by atoms with E-state index in [4.69, 9.17) is 0 Å². The first-order valence-electron chi connectivity index (χ1n) is 9.78. The first kappa shape index (κ1) is 20.3. The summed E-state index contributed by atoms with van der Waals surface area (Å²) in [5, 5.41) is 5.41. The molecule has 1 aliphatic rings. The second-order valence-electron chi connectivity index (χ2n) is 7.32. The summed E-state index contributed by atoms with van der Waals surface area (Å²) in [6.07, 6.45) is -0.255. The number of hydrogen-bond donors (Lipinski definition) is 2. The van der Waals surface area contributed by atoms with Crippen molar-refractivity contribution in [2.75, 3.05) is 15.5 Å². The van der Waals surface area contributed by atoms with Gasteiger partial charge >= 0.3 is 0 Å². The minimum absolute atomic E-state index is 0.255. The molecule has 31 heavy (non-hydrogen) atoms. The van der Waals surface area contributed by atoms with Crippen LogP contribution in [0.1, 0.15) is 22.3 Å². The van der Waals surface area contributed by atoms with Gasteiger partial charge in [-0.25, -0.2) is 4.39 Å². The van der Waals surface area contributed by atoms with Crippen LogP contribution in [0, 0.1) is 12.7 Å². The van der Waals surface area contributed by atoms with Crippen LogP contribution >= 0.6 is 0 Å². The van der Waals surface area contributed by atoms with E-state index in [0.717, 1.165) is 5.56 Å². The maximum atomic E-state index is 13.4. The summed E-state index contributed by atoms with van der Waals surface area (Å²) in [7, 11) is 0. The Balaban J connectivity index is 1.64. The number of halogens is 1.